The van der Waals surface area contributed by atoms with Gasteiger partial charge in [-0.1, -0.05) is 17.7 Å². The zero-order chi connectivity index (χ0) is 19.4. The molecule has 0 spiro atoms. The number of aromatic nitrogens is 2. The second-order valence-corrected chi connectivity index (χ2v) is 7.72. The van der Waals surface area contributed by atoms with Gasteiger partial charge in [-0.2, -0.15) is 4.98 Å². The zero-order valence-corrected chi connectivity index (χ0v) is 16.8. The van der Waals surface area contributed by atoms with Gasteiger partial charge in [0.2, 0.25) is 11.9 Å². The Balaban J connectivity index is 1.53. The van der Waals surface area contributed by atoms with E-state index < -0.39 is 0 Å². The fraction of sp³-hybridized carbons (Fsp3) is 0.450. The van der Waals surface area contributed by atoms with Gasteiger partial charge in [0.15, 0.2) is 0 Å². The Morgan fingerprint density at radius 3 is 2.63 bits per heavy atom. The van der Waals surface area contributed by atoms with Crippen LogP contribution in [0.1, 0.15) is 31.2 Å². The van der Waals surface area contributed by atoms with Gasteiger partial charge >= 0.3 is 0 Å². The van der Waals surface area contributed by atoms with Gasteiger partial charge < -0.3 is 15.5 Å². The Bertz CT molecular complexity index is 803. The van der Waals surface area contributed by atoms with Crippen LogP contribution >= 0.6 is 11.6 Å². The average molecular weight is 388 g/mol. The average Bonchev–Trinajstić information content (AvgIpc) is 2.63. The van der Waals surface area contributed by atoms with Gasteiger partial charge in [0.05, 0.1) is 0 Å². The Kier molecular flexibility index (Phi) is 6.16. The molecule has 0 bridgehead atoms. The zero-order valence-electron chi connectivity index (χ0n) is 16.0. The largest absolute Gasteiger partial charge is 0.362 e. The molecule has 2 aromatic rings. The van der Waals surface area contributed by atoms with Crippen molar-refractivity contribution in [2.75, 3.05) is 29.6 Å². The normalized spacial score (nSPS) is 19.4. The van der Waals surface area contributed by atoms with Gasteiger partial charge in [-0.25, -0.2) is 4.98 Å². The standard InChI is InChI=1S/C20H26ClN5O/c1-13-12-22-20(25-18(13)26(2)3)24-16-9-7-14(8-10-16)19(27)23-17-6-4-5-15(21)11-17/h4-6,11-12,14,16H,7-10H2,1-3H3,(H,23,27)(H,22,24,25)/t14-,16+. The van der Waals surface area contributed by atoms with Gasteiger partial charge in [-0.3, -0.25) is 4.79 Å². The molecule has 27 heavy (non-hydrogen) atoms. The molecule has 2 N–H and O–H groups in total. The number of carbonyl (C=O) groups is 1. The van der Waals surface area contributed by atoms with Gasteiger partial charge in [0.25, 0.3) is 0 Å². The molecule has 1 fully saturated rings. The number of anilines is 3. The third-order valence-corrected chi connectivity index (χ3v) is 5.13. The van der Waals surface area contributed by atoms with Crippen LogP contribution in [0, 0.1) is 12.8 Å². The lowest BCUT2D eigenvalue weighted by Crippen LogP contribution is -2.32. The molecule has 1 heterocycles. The lowest BCUT2D eigenvalue weighted by molar-refractivity contribution is -0.120. The second kappa shape index (κ2) is 8.57. The monoisotopic (exact) mass is 387 g/mol. The van der Waals surface area contributed by atoms with Gasteiger partial charge in [0.1, 0.15) is 5.82 Å². The van der Waals surface area contributed by atoms with E-state index >= 15 is 0 Å². The molecule has 1 amide bonds. The fourth-order valence-corrected chi connectivity index (χ4v) is 3.64. The molecule has 0 unspecified atom stereocenters. The summed E-state index contributed by atoms with van der Waals surface area (Å²) >= 11 is 5.98. The number of halogens is 1. The molecule has 0 atom stereocenters. The van der Waals surface area contributed by atoms with Crippen molar-refractivity contribution < 1.29 is 4.79 Å². The number of rotatable bonds is 5. The first kappa shape index (κ1) is 19.4. The molecule has 1 aliphatic rings. The molecule has 1 aliphatic carbocycles. The van der Waals surface area contributed by atoms with Crippen molar-refractivity contribution in [3.63, 3.8) is 0 Å². The molecule has 0 saturated heterocycles. The second-order valence-electron chi connectivity index (χ2n) is 7.29. The van der Waals surface area contributed by atoms with E-state index in [4.69, 9.17) is 11.6 Å². The van der Waals surface area contributed by atoms with Crippen molar-refractivity contribution in [1.29, 1.82) is 0 Å². The predicted octanol–water partition coefficient (Wildman–Crippen LogP) is 4.11. The summed E-state index contributed by atoms with van der Waals surface area (Å²) in [6.45, 7) is 2.00. The van der Waals surface area contributed by atoms with Crippen molar-refractivity contribution in [3.8, 4) is 0 Å². The minimum absolute atomic E-state index is 0.0262. The number of aryl methyl sites for hydroxylation is 1. The van der Waals surface area contributed by atoms with Gasteiger partial charge in [-0.15, -0.1) is 0 Å². The lowest BCUT2D eigenvalue weighted by Gasteiger charge is -2.28. The third kappa shape index (κ3) is 5.10. The molecular weight excluding hydrogens is 362 g/mol. The van der Waals surface area contributed by atoms with Crippen molar-refractivity contribution >= 4 is 35.0 Å². The molecule has 144 valence electrons. The first-order valence-corrected chi connectivity index (χ1v) is 9.64. The predicted molar refractivity (Wildman–Crippen MR) is 111 cm³/mol. The lowest BCUT2D eigenvalue weighted by atomic mass is 9.85. The number of amides is 1. The van der Waals surface area contributed by atoms with Gasteiger partial charge in [0, 0.05) is 48.5 Å². The molecule has 7 heteroatoms. The Morgan fingerprint density at radius 1 is 1.22 bits per heavy atom. The molecule has 1 aromatic carbocycles. The van der Waals surface area contributed by atoms with Crippen LogP contribution < -0.4 is 15.5 Å². The number of hydrogen-bond donors (Lipinski definition) is 2. The van der Waals surface area contributed by atoms with E-state index in [0.29, 0.717) is 11.0 Å². The van der Waals surface area contributed by atoms with Crippen molar-refractivity contribution in [3.05, 3.63) is 41.0 Å². The Morgan fingerprint density at radius 2 is 1.96 bits per heavy atom. The maximum atomic E-state index is 12.5. The topological polar surface area (TPSA) is 70.1 Å². The summed E-state index contributed by atoms with van der Waals surface area (Å²) in [7, 11) is 3.95. The summed E-state index contributed by atoms with van der Waals surface area (Å²) in [6, 6.07) is 7.54. The number of nitrogens with one attached hydrogen (secondary N) is 2. The molecule has 6 nitrogen and oxygen atoms in total. The van der Waals surface area contributed by atoms with Crippen LogP contribution in [0.15, 0.2) is 30.5 Å². The molecule has 1 aromatic heterocycles. The van der Waals surface area contributed by atoms with Crippen LogP contribution in [-0.4, -0.2) is 36.0 Å². The fourth-order valence-electron chi connectivity index (χ4n) is 3.45. The minimum atomic E-state index is 0.0262. The maximum absolute atomic E-state index is 12.5. The van der Waals surface area contributed by atoms with Gasteiger partial charge in [-0.05, 0) is 50.8 Å². The number of benzene rings is 1. The van der Waals surface area contributed by atoms with Crippen LogP contribution in [0.5, 0.6) is 0 Å². The van der Waals surface area contributed by atoms with Crippen molar-refractivity contribution in [2.45, 2.75) is 38.6 Å². The first-order chi connectivity index (χ1) is 12.9. The highest BCUT2D eigenvalue weighted by Gasteiger charge is 2.27. The molecule has 0 radical (unpaired) electrons. The smallest absolute Gasteiger partial charge is 0.227 e. The van der Waals surface area contributed by atoms with E-state index in [1.807, 2.05) is 44.2 Å². The molecule has 0 aliphatic heterocycles. The van der Waals surface area contributed by atoms with E-state index in [9.17, 15) is 4.79 Å². The number of hydrogen-bond acceptors (Lipinski definition) is 5. The van der Waals surface area contributed by atoms with Crippen LogP contribution in [0.4, 0.5) is 17.5 Å². The summed E-state index contributed by atoms with van der Waals surface area (Å²) in [5.41, 5.74) is 1.80. The highest BCUT2D eigenvalue weighted by Crippen LogP contribution is 2.28. The summed E-state index contributed by atoms with van der Waals surface area (Å²) in [5, 5.41) is 7.01. The quantitative estimate of drug-likeness (QED) is 0.807. The molecular formula is C20H26ClN5O. The maximum Gasteiger partial charge on any atom is 0.227 e. The van der Waals surface area contributed by atoms with Crippen molar-refractivity contribution in [2.24, 2.45) is 5.92 Å². The summed E-state index contributed by atoms with van der Waals surface area (Å²) in [6.07, 6.45) is 5.37. The van der Waals surface area contributed by atoms with E-state index in [1.165, 1.54) is 0 Å². The van der Waals surface area contributed by atoms with Crippen LogP contribution in [0.25, 0.3) is 0 Å². The Labute approximate surface area is 165 Å². The van der Waals surface area contributed by atoms with E-state index in [0.717, 1.165) is 42.8 Å². The Hall–Kier alpha value is -2.34. The van der Waals surface area contributed by atoms with Crippen LogP contribution in [-0.2, 0) is 4.79 Å². The highest BCUT2D eigenvalue weighted by atomic mass is 35.5. The van der Waals surface area contributed by atoms with E-state index in [1.54, 1.807) is 12.1 Å². The summed E-state index contributed by atoms with van der Waals surface area (Å²) < 4.78 is 0. The first-order valence-electron chi connectivity index (χ1n) is 9.26. The number of carbonyl (C=O) groups excluding carboxylic acids is 1. The minimum Gasteiger partial charge on any atom is -0.362 e. The molecule has 3 rings (SSSR count). The SMILES string of the molecule is Cc1cnc(N[C@H]2CC[C@@H](C(=O)Nc3cccc(Cl)c3)CC2)nc1N(C)C. The molecule has 1 saturated carbocycles. The van der Waals surface area contributed by atoms with Crippen LogP contribution in [0.3, 0.4) is 0 Å². The summed E-state index contributed by atoms with van der Waals surface area (Å²) in [4.78, 5) is 23.5. The van der Waals surface area contributed by atoms with E-state index in [2.05, 4.69) is 20.6 Å². The summed E-state index contributed by atoms with van der Waals surface area (Å²) in [5.74, 6) is 1.66. The third-order valence-electron chi connectivity index (χ3n) is 4.89. The van der Waals surface area contributed by atoms with Crippen LogP contribution in [0.2, 0.25) is 5.02 Å². The highest BCUT2D eigenvalue weighted by molar-refractivity contribution is 6.30. The van der Waals surface area contributed by atoms with Crippen molar-refractivity contribution in [1.82, 2.24) is 9.97 Å². The van der Waals surface area contributed by atoms with E-state index in [-0.39, 0.29) is 17.9 Å². The number of nitrogens with zero attached hydrogens (tertiary/aromatic N) is 3.